The third-order valence-corrected chi connectivity index (χ3v) is 5.29. The van der Waals surface area contributed by atoms with Crippen LogP contribution in [0.1, 0.15) is 17.7 Å². The molecule has 1 aliphatic rings. The molecule has 0 aliphatic carbocycles. The molecule has 1 aliphatic heterocycles. The largest absolute Gasteiger partial charge is 0.488 e. The van der Waals surface area contributed by atoms with Crippen molar-refractivity contribution >= 4 is 16.8 Å². The zero-order valence-electron chi connectivity index (χ0n) is 15.6. The molecule has 1 fully saturated rings. The van der Waals surface area contributed by atoms with Crippen LogP contribution in [0.2, 0.25) is 0 Å². The average molecular weight is 365 g/mol. The standard InChI is InChI=1S/C21H23N3O3/c1-14-9-17(11-20(25)23(14)2)27-16-7-8-24(13-16)21(26)10-15-12-22-19-6-4-3-5-18(15)19/h3-6,9,11-12,16,22H,7-8,10,13H2,1-2H3. The maximum Gasteiger partial charge on any atom is 0.254 e. The van der Waals surface area contributed by atoms with Gasteiger partial charge in [-0.05, 0) is 24.6 Å². The van der Waals surface area contributed by atoms with E-state index in [4.69, 9.17) is 4.74 Å². The fourth-order valence-electron chi connectivity index (χ4n) is 3.60. The van der Waals surface area contributed by atoms with Crippen LogP contribution in [-0.4, -0.2) is 39.6 Å². The van der Waals surface area contributed by atoms with Crippen LogP contribution in [0.5, 0.6) is 5.75 Å². The Hall–Kier alpha value is -3.02. The fourth-order valence-corrected chi connectivity index (χ4v) is 3.60. The third kappa shape index (κ3) is 3.47. The monoisotopic (exact) mass is 365 g/mol. The molecular weight excluding hydrogens is 342 g/mol. The van der Waals surface area contributed by atoms with E-state index in [0.717, 1.165) is 28.6 Å². The second-order valence-corrected chi connectivity index (χ2v) is 7.13. The highest BCUT2D eigenvalue weighted by atomic mass is 16.5. The molecule has 1 saturated heterocycles. The Morgan fingerprint density at radius 2 is 2.11 bits per heavy atom. The van der Waals surface area contributed by atoms with E-state index in [2.05, 4.69) is 4.98 Å². The lowest BCUT2D eigenvalue weighted by Crippen LogP contribution is -2.32. The molecule has 140 valence electrons. The number of likely N-dealkylation sites (tertiary alicyclic amines) is 1. The van der Waals surface area contributed by atoms with E-state index >= 15 is 0 Å². The molecular formula is C21H23N3O3. The van der Waals surface area contributed by atoms with Crippen LogP contribution in [0.25, 0.3) is 10.9 Å². The molecule has 1 unspecified atom stereocenters. The van der Waals surface area contributed by atoms with Crippen molar-refractivity contribution in [2.45, 2.75) is 25.9 Å². The first-order chi connectivity index (χ1) is 13.0. The van der Waals surface area contributed by atoms with Gasteiger partial charge in [0.15, 0.2) is 0 Å². The minimum Gasteiger partial charge on any atom is -0.488 e. The van der Waals surface area contributed by atoms with Crippen LogP contribution in [-0.2, 0) is 18.3 Å². The van der Waals surface area contributed by atoms with Gasteiger partial charge in [0, 0.05) is 48.9 Å². The Labute approximate surface area is 157 Å². The van der Waals surface area contributed by atoms with Gasteiger partial charge < -0.3 is 19.2 Å². The van der Waals surface area contributed by atoms with Crippen molar-refractivity contribution in [2.75, 3.05) is 13.1 Å². The number of aromatic nitrogens is 2. The number of fused-ring (bicyclic) bond motifs is 1. The maximum atomic E-state index is 12.7. The van der Waals surface area contributed by atoms with Crippen LogP contribution >= 0.6 is 0 Å². The minimum atomic E-state index is -0.0877. The number of benzene rings is 1. The quantitative estimate of drug-likeness (QED) is 0.772. The van der Waals surface area contributed by atoms with Crippen molar-refractivity contribution in [3.63, 3.8) is 0 Å². The topological polar surface area (TPSA) is 67.3 Å². The lowest BCUT2D eigenvalue weighted by Gasteiger charge is -2.17. The number of hydrogen-bond donors (Lipinski definition) is 1. The maximum absolute atomic E-state index is 12.7. The summed E-state index contributed by atoms with van der Waals surface area (Å²) in [5.41, 5.74) is 2.82. The third-order valence-electron chi connectivity index (χ3n) is 5.29. The average Bonchev–Trinajstić information content (AvgIpc) is 3.27. The number of hydrogen-bond acceptors (Lipinski definition) is 3. The van der Waals surface area contributed by atoms with Gasteiger partial charge in [-0.25, -0.2) is 0 Å². The lowest BCUT2D eigenvalue weighted by molar-refractivity contribution is -0.129. The van der Waals surface area contributed by atoms with E-state index in [9.17, 15) is 9.59 Å². The molecule has 1 atom stereocenters. The molecule has 0 spiro atoms. The van der Waals surface area contributed by atoms with Gasteiger partial charge in [-0.15, -0.1) is 0 Å². The summed E-state index contributed by atoms with van der Waals surface area (Å²) < 4.78 is 7.55. The summed E-state index contributed by atoms with van der Waals surface area (Å²) in [6.07, 6.45) is 2.98. The smallest absolute Gasteiger partial charge is 0.254 e. The number of para-hydroxylation sites is 1. The van der Waals surface area contributed by atoms with Gasteiger partial charge in [0.25, 0.3) is 5.56 Å². The van der Waals surface area contributed by atoms with E-state index in [-0.39, 0.29) is 17.6 Å². The summed E-state index contributed by atoms with van der Waals surface area (Å²) in [5, 5.41) is 1.09. The number of carbonyl (C=O) groups is 1. The Kier molecular flexibility index (Phi) is 4.48. The summed E-state index contributed by atoms with van der Waals surface area (Å²) in [4.78, 5) is 29.7. The molecule has 0 bridgehead atoms. The van der Waals surface area contributed by atoms with Crippen molar-refractivity contribution in [2.24, 2.45) is 7.05 Å². The van der Waals surface area contributed by atoms with E-state index in [1.165, 1.54) is 6.07 Å². The predicted molar refractivity (Wildman–Crippen MR) is 104 cm³/mol. The van der Waals surface area contributed by atoms with Crippen LogP contribution in [0, 0.1) is 6.92 Å². The van der Waals surface area contributed by atoms with Crippen LogP contribution in [0.3, 0.4) is 0 Å². The first kappa shape index (κ1) is 17.4. The van der Waals surface area contributed by atoms with Gasteiger partial charge in [0.05, 0.1) is 13.0 Å². The molecule has 6 nitrogen and oxygen atoms in total. The Morgan fingerprint density at radius 1 is 1.30 bits per heavy atom. The molecule has 6 heteroatoms. The van der Waals surface area contributed by atoms with Gasteiger partial charge in [0.1, 0.15) is 11.9 Å². The van der Waals surface area contributed by atoms with Crippen molar-refractivity contribution in [1.29, 1.82) is 0 Å². The highest BCUT2D eigenvalue weighted by Crippen LogP contribution is 2.21. The molecule has 1 N–H and O–H groups in total. The highest BCUT2D eigenvalue weighted by molar-refractivity contribution is 5.89. The molecule has 27 heavy (non-hydrogen) atoms. The molecule has 3 aromatic rings. The molecule has 0 saturated carbocycles. The second kappa shape index (κ2) is 6.95. The molecule has 4 rings (SSSR count). The number of aryl methyl sites for hydroxylation is 1. The lowest BCUT2D eigenvalue weighted by atomic mass is 10.1. The molecule has 1 amide bonds. The predicted octanol–water partition coefficient (Wildman–Crippen LogP) is 2.40. The number of aromatic amines is 1. The molecule has 1 aromatic carbocycles. The van der Waals surface area contributed by atoms with Crippen molar-refractivity contribution in [3.8, 4) is 5.75 Å². The van der Waals surface area contributed by atoms with Gasteiger partial charge in [0.2, 0.25) is 5.91 Å². The normalized spacial score (nSPS) is 16.8. The number of amides is 1. The Morgan fingerprint density at radius 3 is 2.93 bits per heavy atom. The van der Waals surface area contributed by atoms with Gasteiger partial charge in [-0.3, -0.25) is 9.59 Å². The number of ether oxygens (including phenoxy) is 1. The first-order valence-corrected chi connectivity index (χ1v) is 9.18. The fraction of sp³-hybridized carbons (Fsp3) is 0.333. The zero-order valence-corrected chi connectivity index (χ0v) is 15.6. The number of nitrogens with zero attached hydrogens (tertiary/aromatic N) is 2. The van der Waals surface area contributed by atoms with Crippen LogP contribution in [0.4, 0.5) is 0 Å². The molecule has 2 aromatic heterocycles. The SMILES string of the molecule is Cc1cc(OC2CCN(C(=O)Cc3c[nH]c4ccccc34)C2)cc(=O)n1C. The van der Waals surface area contributed by atoms with Gasteiger partial charge in [-0.1, -0.05) is 18.2 Å². The van der Waals surface area contributed by atoms with E-state index in [1.54, 1.807) is 11.6 Å². The molecule has 3 heterocycles. The summed E-state index contributed by atoms with van der Waals surface area (Å²) in [5.74, 6) is 0.678. The minimum absolute atomic E-state index is 0.0802. The van der Waals surface area contributed by atoms with E-state index < -0.39 is 0 Å². The molecule has 0 radical (unpaired) electrons. The van der Waals surface area contributed by atoms with E-state index in [0.29, 0.717) is 25.3 Å². The number of pyridine rings is 1. The summed E-state index contributed by atoms with van der Waals surface area (Å²) in [6.45, 7) is 3.10. The van der Waals surface area contributed by atoms with Crippen molar-refractivity contribution < 1.29 is 9.53 Å². The van der Waals surface area contributed by atoms with Gasteiger partial charge >= 0.3 is 0 Å². The van der Waals surface area contributed by atoms with Crippen molar-refractivity contribution in [1.82, 2.24) is 14.5 Å². The summed E-state index contributed by atoms with van der Waals surface area (Å²) in [7, 11) is 1.74. The Balaban J connectivity index is 1.40. The summed E-state index contributed by atoms with van der Waals surface area (Å²) in [6, 6.07) is 11.4. The number of H-pyrrole nitrogens is 1. The highest BCUT2D eigenvalue weighted by Gasteiger charge is 2.28. The zero-order chi connectivity index (χ0) is 19.0. The number of rotatable bonds is 4. The second-order valence-electron chi connectivity index (χ2n) is 7.13. The van der Waals surface area contributed by atoms with E-state index in [1.807, 2.05) is 48.4 Å². The number of carbonyl (C=O) groups excluding carboxylic acids is 1. The van der Waals surface area contributed by atoms with Crippen LogP contribution in [0.15, 0.2) is 47.4 Å². The van der Waals surface area contributed by atoms with Gasteiger partial charge in [-0.2, -0.15) is 0 Å². The summed E-state index contributed by atoms with van der Waals surface area (Å²) >= 11 is 0. The van der Waals surface area contributed by atoms with Crippen LogP contribution < -0.4 is 10.3 Å². The Bertz CT molecular complexity index is 1050. The first-order valence-electron chi connectivity index (χ1n) is 9.18. The van der Waals surface area contributed by atoms with Crippen molar-refractivity contribution in [3.05, 3.63) is 64.2 Å². The number of nitrogens with one attached hydrogen (secondary N) is 1.